The molecule has 1 heterocycles. The van der Waals surface area contributed by atoms with Crippen molar-refractivity contribution < 1.29 is 14.3 Å². The van der Waals surface area contributed by atoms with Crippen LogP contribution in [0.1, 0.15) is 25.8 Å². The van der Waals surface area contributed by atoms with Crippen molar-refractivity contribution in [2.24, 2.45) is 11.1 Å². The standard InChI is InChI=1S/C17H21FN4O2/c1-9-4-5-11(18)10(6-9)12-7-14(22-21-12)20-15(24)17(19)8-13(23)16(17,2)3/h4-7,13,23H,8,19H2,1-3H3,(H2,20,21,22,24)/t13-,17-/m0/s1. The molecule has 128 valence electrons. The maximum atomic E-state index is 13.9. The highest BCUT2D eigenvalue weighted by atomic mass is 19.1. The Morgan fingerprint density at radius 2 is 2.17 bits per heavy atom. The van der Waals surface area contributed by atoms with Gasteiger partial charge in [-0.1, -0.05) is 25.5 Å². The second-order valence-corrected chi connectivity index (χ2v) is 7.02. The Labute approximate surface area is 139 Å². The first-order chi connectivity index (χ1) is 11.1. The fraction of sp³-hybridized carbons (Fsp3) is 0.412. The van der Waals surface area contributed by atoms with Crippen molar-refractivity contribution in [3.63, 3.8) is 0 Å². The molecule has 2 aromatic rings. The number of halogens is 1. The minimum absolute atomic E-state index is 0.190. The molecule has 1 aromatic carbocycles. The van der Waals surface area contributed by atoms with Crippen molar-refractivity contribution in [1.29, 1.82) is 0 Å². The first-order valence-electron chi connectivity index (χ1n) is 7.75. The molecule has 0 unspecified atom stereocenters. The molecule has 24 heavy (non-hydrogen) atoms. The Balaban J connectivity index is 1.80. The molecule has 0 aliphatic heterocycles. The van der Waals surface area contributed by atoms with Crippen LogP contribution < -0.4 is 11.1 Å². The Morgan fingerprint density at radius 1 is 1.46 bits per heavy atom. The highest BCUT2D eigenvalue weighted by Gasteiger charge is 2.61. The van der Waals surface area contributed by atoms with Crippen LogP contribution in [0, 0.1) is 18.2 Å². The lowest BCUT2D eigenvalue weighted by molar-refractivity contribution is -0.153. The SMILES string of the molecule is Cc1ccc(F)c(-c2cc(NC(=O)[C@@]3(N)C[C@H](O)C3(C)C)n[nH]2)c1. The second-order valence-electron chi connectivity index (χ2n) is 7.02. The van der Waals surface area contributed by atoms with Crippen molar-refractivity contribution in [2.75, 3.05) is 5.32 Å². The van der Waals surface area contributed by atoms with E-state index in [2.05, 4.69) is 15.5 Å². The number of anilines is 1. The third kappa shape index (κ3) is 2.40. The number of carbonyl (C=O) groups is 1. The van der Waals surface area contributed by atoms with Crippen LogP contribution in [0.5, 0.6) is 0 Å². The molecule has 0 spiro atoms. The van der Waals surface area contributed by atoms with Gasteiger partial charge in [0.1, 0.15) is 11.4 Å². The summed E-state index contributed by atoms with van der Waals surface area (Å²) in [4.78, 5) is 12.5. The van der Waals surface area contributed by atoms with Gasteiger partial charge >= 0.3 is 0 Å². The van der Waals surface area contributed by atoms with Crippen LogP contribution in [0.3, 0.4) is 0 Å². The molecule has 0 radical (unpaired) electrons. The summed E-state index contributed by atoms with van der Waals surface area (Å²) in [7, 11) is 0. The summed E-state index contributed by atoms with van der Waals surface area (Å²) in [6, 6.07) is 6.32. The van der Waals surface area contributed by atoms with Crippen molar-refractivity contribution in [3.8, 4) is 11.3 Å². The number of aliphatic hydroxyl groups is 1. The van der Waals surface area contributed by atoms with E-state index in [1.165, 1.54) is 6.07 Å². The molecule has 1 aromatic heterocycles. The summed E-state index contributed by atoms with van der Waals surface area (Å²) in [5, 5.41) is 19.2. The number of benzene rings is 1. The summed E-state index contributed by atoms with van der Waals surface area (Å²) in [5.41, 5.74) is 6.02. The molecular weight excluding hydrogens is 311 g/mol. The number of amides is 1. The lowest BCUT2D eigenvalue weighted by Crippen LogP contribution is -2.74. The van der Waals surface area contributed by atoms with Gasteiger partial charge in [-0.3, -0.25) is 9.89 Å². The lowest BCUT2D eigenvalue weighted by atomic mass is 9.54. The molecule has 3 rings (SSSR count). The van der Waals surface area contributed by atoms with E-state index in [4.69, 9.17) is 5.73 Å². The Kier molecular flexibility index (Phi) is 3.73. The molecular formula is C17H21FN4O2. The van der Waals surface area contributed by atoms with Crippen LogP contribution in [-0.4, -0.2) is 32.9 Å². The smallest absolute Gasteiger partial charge is 0.246 e. The number of nitrogens with zero attached hydrogens (tertiary/aromatic N) is 1. The average Bonchev–Trinajstić information content (AvgIpc) is 2.97. The fourth-order valence-corrected chi connectivity index (χ4v) is 2.97. The third-order valence-corrected chi connectivity index (χ3v) is 5.13. The molecule has 1 amide bonds. The highest BCUT2D eigenvalue weighted by molar-refractivity contribution is 5.99. The van der Waals surface area contributed by atoms with Gasteiger partial charge in [-0.15, -0.1) is 0 Å². The number of H-pyrrole nitrogens is 1. The molecule has 5 N–H and O–H groups in total. The molecule has 1 aliphatic rings. The maximum Gasteiger partial charge on any atom is 0.246 e. The summed E-state index contributed by atoms with van der Waals surface area (Å²) in [6.45, 7) is 5.36. The molecule has 0 bridgehead atoms. The predicted octanol–water partition coefficient (Wildman–Crippen LogP) is 1.95. The molecule has 1 aliphatic carbocycles. The van der Waals surface area contributed by atoms with Gasteiger partial charge in [0, 0.05) is 23.5 Å². The van der Waals surface area contributed by atoms with Gasteiger partial charge in [0.2, 0.25) is 5.91 Å². The van der Waals surface area contributed by atoms with Gasteiger partial charge in [0.05, 0.1) is 11.8 Å². The number of nitrogens with one attached hydrogen (secondary N) is 2. The van der Waals surface area contributed by atoms with Crippen molar-refractivity contribution in [2.45, 2.75) is 38.8 Å². The minimum Gasteiger partial charge on any atom is -0.392 e. The number of hydrogen-bond donors (Lipinski definition) is 4. The van der Waals surface area contributed by atoms with E-state index in [1.54, 1.807) is 32.0 Å². The summed E-state index contributed by atoms with van der Waals surface area (Å²) in [6.07, 6.45) is -0.431. The summed E-state index contributed by atoms with van der Waals surface area (Å²) < 4.78 is 13.9. The van der Waals surface area contributed by atoms with E-state index < -0.39 is 23.0 Å². The topological polar surface area (TPSA) is 104 Å². The average molecular weight is 332 g/mol. The van der Waals surface area contributed by atoms with Crippen LogP contribution in [0.4, 0.5) is 10.2 Å². The highest BCUT2D eigenvalue weighted by Crippen LogP contribution is 2.48. The number of carbonyl (C=O) groups excluding carboxylic acids is 1. The zero-order chi connectivity index (χ0) is 17.7. The molecule has 2 atom stereocenters. The number of aryl methyl sites for hydroxylation is 1. The number of aromatic nitrogens is 2. The van der Waals surface area contributed by atoms with Crippen molar-refractivity contribution in [3.05, 3.63) is 35.6 Å². The van der Waals surface area contributed by atoms with Crippen molar-refractivity contribution >= 4 is 11.7 Å². The van der Waals surface area contributed by atoms with E-state index in [0.29, 0.717) is 11.3 Å². The van der Waals surface area contributed by atoms with Crippen LogP contribution in [0.15, 0.2) is 24.3 Å². The van der Waals surface area contributed by atoms with Crippen LogP contribution in [0.25, 0.3) is 11.3 Å². The van der Waals surface area contributed by atoms with Crippen LogP contribution in [0.2, 0.25) is 0 Å². The largest absolute Gasteiger partial charge is 0.392 e. The van der Waals surface area contributed by atoms with Gasteiger partial charge < -0.3 is 16.2 Å². The number of aliphatic hydroxyl groups excluding tert-OH is 1. The second kappa shape index (κ2) is 5.39. The zero-order valence-corrected chi connectivity index (χ0v) is 13.9. The van der Waals surface area contributed by atoms with E-state index in [9.17, 15) is 14.3 Å². The number of aromatic amines is 1. The monoisotopic (exact) mass is 332 g/mol. The Bertz CT molecular complexity index is 802. The quantitative estimate of drug-likeness (QED) is 0.689. The van der Waals surface area contributed by atoms with Gasteiger partial charge in [0.25, 0.3) is 0 Å². The Morgan fingerprint density at radius 3 is 2.79 bits per heavy atom. The van der Waals surface area contributed by atoms with Crippen molar-refractivity contribution in [1.82, 2.24) is 10.2 Å². The lowest BCUT2D eigenvalue weighted by Gasteiger charge is -2.55. The summed E-state index contributed by atoms with van der Waals surface area (Å²) >= 11 is 0. The van der Waals surface area contributed by atoms with Crippen LogP contribution >= 0.6 is 0 Å². The predicted molar refractivity (Wildman–Crippen MR) is 88.7 cm³/mol. The summed E-state index contributed by atoms with van der Waals surface area (Å²) in [5.74, 6) is -0.529. The number of hydrogen-bond acceptors (Lipinski definition) is 4. The first kappa shape index (κ1) is 16.6. The molecule has 6 nitrogen and oxygen atoms in total. The van der Waals surface area contributed by atoms with E-state index >= 15 is 0 Å². The van der Waals surface area contributed by atoms with Gasteiger partial charge in [-0.05, 0) is 19.1 Å². The minimum atomic E-state index is -1.17. The third-order valence-electron chi connectivity index (χ3n) is 5.13. The van der Waals surface area contributed by atoms with E-state index in [0.717, 1.165) is 5.56 Å². The molecule has 1 saturated carbocycles. The van der Waals surface area contributed by atoms with E-state index in [-0.39, 0.29) is 18.1 Å². The molecule has 7 heteroatoms. The van der Waals surface area contributed by atoms with Gasteiger partial charge in [-0.2, -0.15) is 5.10 Å². The molecule has 1 fully saturated rings. The van der Waals surface area contributed by atoms with Crippen LogP contribution in [-0.2, 0) is 4.79 Å². The first-order valence-corrected chi connectivity index (χ1v) is 7.75. The Hall–Kier alpha value is -2.25. The zero-order valence-electron chi connectivity index (χ0n) is 13.9. The fourth-order valence-electron chi connectivity index (χ4n) is 2.97. The number of rotatable bonds is 3. The van der Waals surface area contributed by atoms with Gasteiger partial charge in [-0.25, -0.2) is 4.39 Å². The van der Waals surface area contributed by atoms with E-state index in [1.807, 2.05) is 6.92 Å². The molecule has 0 saturated heterocycles. The maximum absolute atomic E-state index is 13.9. The normalized spacial score (nSPS) is 25.2. The number of nitrogens with two attached hydrogens (primary N) is 1. The van der Waals surface area contributed by atoms with Gasteiger partial charge in [0.15, 0.2) is 5.82 Å².